The number of unbranched alkanes of at least 4 members (excludes halogenated alkanes) is 18. The summed E-state index contributed by atoms with van der Waals surface area (Å²) in [6.07, 6.45) is 28.5. The van der Waals surface area contributed by atoms with Crippen molar-refractivity contribution in [1.29, 1.82) is 0 Å². The maximum atomic E-state index is 3.85. The average molecular weight is 405 g/mol. The van der Waals surface area contributed by atoms with Gasteiger partial charge in [0.05, 0.1) is 13.1 Å². The second-order valence-corrected chi connectivity index (χ2v) is 8.07. The van der Waals surface area contributed by atoms with Gasteiger partial charge in [-0.2, -0.15) is 0 Å². The molecule has 0 amide bonds. The van der Waals surface area contributed by atoms with Gasteiger partial charge in [0.15, 0.2) is 0 Å². The molecule has 0 atom stereocenters. The highest BCUT2D eigenvalue weighted by molar-refractivity contribution is 7.37. The molecular formula is C24H56N2S. The fraction of sp³-hybridized carbons (Fsp3) is 1.00. The summed E-state index contributed by atoms with van der Waals surface area (Å²) in [5.74, 6) is 0. The van der Waals surface area contributed by atoms with Gasteiger partial charge in [-0.1, -0.05) is 117 Å². The number of hydrogen-bond acceptors (Lipinski definition) is 0. The normalized spacial score (nSPS) is 10.2. The Hall–Kier alpha value is 0.270. The van der Waals surface area contributed by atoms with Gasteiger partial charge in [0.1, 0.15) is 0 Å². The Bertz CT molecular complexity index is 171. The van der Waals surface area contributed by atoms with Crippen molar-refractivity contribution in [2.45, 2.75) is 142 Å². The van der Waals surface area contributed by atoms with Crippen molar-refractivity contribution >= 4 is 13.5 Å². The highest BCUT2D eigenvalue weighted by Gasteiger charge is 1.92. The lowest BCUT2D eigenvalue weighted by Crippen LogP contribution is -2.50. The molecule has 0 aliphatic heterocycles. The van der Waals surface area contributed by atoms with E-state index in [9.17, 15) is 0 Å². The van der Waals surface area contributed by atoms with E-state index in [2.05, 4.69) is 25.3 Å². The van der Waals surface area contributed by atoms with Gasteiger partial charge in [0.25, 0.3) is 0 Å². The molecule has 0 aliphatic rings. The lowest BCUT2D eigenvalue weighted by molar-refractivity contribution is -0.368. The molecule has 0 aromatic rings. The molecular weight excluding hydrogens is 348 g/mol. The summed E-state index contributed by atoms with van der Waals surface area (Å²) in [7, 11) is 0. The van der Waals surface area contributed by atoms with Crippen LogP contribution in [-0.2, 0) is 13.5 Å². The predicted molar refractivity (Wildman–Crippen MR) is 127 cm³/mol. The monoisotopic (exact) mass is 404 g/mol. The molecule has 0 heterocycles. The molecule has 0 fully saturated rings. The Labute approximate surface area is 180 Å². The Balaban J connectivity index is -0.000000411. The first kappa shape index (κ1) is 31.9. The van der Waals surface area contributed by atoms with Gasteiger partial charge < -0.3 is 25.0 Å². The number of hydrogen-bond donors (Lipinski definition) is 2. The van der Waals surface area contributed by atoms with Crippen LogP contribution in [0.2, 0.25) is 0 Å². The van der Waals surface area contributed by atoms with E-state index in [0.29, 0.717) is 0 Å². The molecule has 2 nitrogen and oxygen atoms in total. The van der Waals surface area contributed by atoms with Crippen molar-refractivity contribution in [1.82, 2.24) is 0 Å². The topological polar surface area (TPSA) is 55.3 Å². The zero-order chi connectivity index (χ0) is 19.6. The molecule has 3 heteroatoms. The molecule has 168 valence electrons. The molecule has 0 aliphatic carbocycles. The first-order valence-corrected chi connectivity index (χ1v) is 12.4. The molecule has 0 unspecified atom stereocenters. The fourth-order valence-corrected chi connectivity index (χ4v) is 3.33. The van der Waals surface area contributed by atoms with E-state index in [1.54, 1.807) is 0 Å². The van der Waals surface area contributed by atoms with Gasteiger partial charge in [-0.15, -0.1) is 0 Å². The van der Waals surface area contributed by atoms with Crippen LogP contribution >= 0.6 is 0 Å². The lowest BCUT2D eigenvalue weighted by Gasteiger charge is -2.00. The van der Waals surface area contributed by atoms with Gasteiger partial charge in [-0.25, -0.2) is 0 Å². The minimum absolute atomic E-state index is 0. The SMILES string of the molecule is CCCCCCCCCCCC[NH3+].CCCCCCCCCCCC[NH3+].[S-2]. The lowest BCUT2D eigenvalue weighted by atomic mass is 10.1. The van der Waals surface area contributed by atoms with Crippen LogP contribution in [0.15, 0.2) is 0 Å². The highest BCUT2D eigenvalue weighted by atomic mass is 32.1. The zero-order valence-electron chi connectivity index (χ0n) is 19.4. The first-order valence-electron chi connectivity index (χ1n) is 12.4. The van der Waals surface area contributed by atoms with Crippen LogP contribution < -0.4 is 11.5 Å². The summed E-state index contributed by atoms with van der Waals surface area (Å²) < 4.78 is 0. The van der Waals surface area contributed by atoms with Gasteiger partial charge in [-0.05, 0) is 25.7 Å². The zero-order valence-corrected chi connectivity index (χ0v) is 20.2. The van der Waals surface area contributed by atoms with E-state index in [-0.39, 0.29) is 13.5 Å². The third-order valence-corrected chi connectivity index (χ3v) is 5.21. The van der Waals surface area contributed by atoms with E-state index in [4.69, 9.17) is 0 Å². The Morgan fingerprint density at radius 1 is 0.333 bits per heavy atom. The van der Waals surface area contributed by atoms with Crippen LogP contribution in [0.4, 0.5) is 0 Å². The molecule has 0 rings (SSSR count). The molecule has 0 saturated heterocycles. The van der Waals surface area contributed by atoms with E-state index in [0.717, 1.165) is 13.1 Å². The summed E-state index contributed by atoms with van der Waals surface area (Å²) >= 11 is 0. The van der Waals surface area contributed by atoms with Crippen molar-refractivity contribution in [3.63, 3.8) is 0 Å². The molecule has 0 saturated carbocycles. The van der Waals surface area contributed by atoms with Crippen LogP contribution in [0.5, 0.6) is 0 Å². The van der Waals surface area contributed by atoms with Gasteiger partial charge >= 0.3 is 0 Å². The van der Waals surface area contributed by atoms with Crippen molar-refractivity contribution < 1.29 is 11.5 Å². The van der Waals surface area contributed by atoms with Gasteiger partial charge in [0, 0.05) is 0 Å². The van der Waals surface area contributed by atoms with Crippen molar-refractivity contribution in [3.8, 4) is 0 Å². The van der Waals surface area contributed by atoms with Crippen molar-refractivity contribution in [3.05, 3.63) is 0 Å². The van der Waals surface area contributed by atoms with Gasteiger partial charge in [0.2, 0.25) is 0 Å². The summed E-state index contributed by atoms with van der Waals surface area (Å²) in [6, 6.07) is 0. The van der Waals surface area contributed by atoms with Crippen molar-refractivity contribution in [2.75, 3.05) is 13.1 Å². The summed E-state index contributed by atoms with van der Waals surface area (Å²) in [5, 5.41) is 0. The third kappa shape index (κ3) is 37.7. The fourth-order valence-electron chi connectivity index (χ4n) is 3.33. The second-order valence-electron chi connectivity index (χ2n) is 8.07. The Kier molecular flexibility index (Phi) is 40.0. The van der Waals surface area contributed by atoms with Crippen molar-refractivity contribution in [2.24, 2.45) is 0 Å². The molecule has 0 bridgehead atoms. The van der Waals surface area contributed by atoms with Gasteiger partial charge in [-0.3, -0.25) is 0 Å². The first-order chi connectivity index (χ1) is 12.8. The number of rotatable bonds is 20. The second kappa shape index (κ2) is 33.8. The molecule has 0 aromatic carbocycles. The molecule has 0 aromatic heterocycles. The maximum absolute atomic E-state index is 3.85. The summed E-state index contributed by atoms with van der Waals surface area (Å²) in [5.41, 5.74) is 7.71. The van der Waals surface area contributed by atoms with Crippen LogP contribution in [0.25, 0.3) is 0 Å². The molecule has 6 N–H and O–H groups in total. The molecule has 27 heavy (non-hydrogen) atoms. The van der Waals surface area contributed by atoms with E-state index in [1.807, 2.05) is 0 Å². The largest absolute Gasteiger partial charge is 2.00 e. The third-order valence-electron chi connectivity index (χ3n) is 5.21. The molecule has 0 radical (unpaired) electrons. The average Bonchev–Trinajstić information content (AvgIpc) is 2.66. The number of quaternary nitrogens is 2. The quantitative estimate of drug-likeness (QED) is 0.224. The standard InChI is InChI=1S/2C12H27N.S/c2*1-2-3-4-5-6-7-8-9-10-11-12-13;/h2*2-13H2,1H3;/q;;-2/p+2. The minimum atomic E-state index is 0. The van der Waals surface area contributed by atoms with E-state index < -0.39 is 0 Å². The smallest absolute Gasteiger partial charge is 0.0739 e. The Morgan fingerprint density at radius 2 is 0.519 bits per heavy atom. The van der Waals surface area contributed by atoms with Crippen LogP contribution in [0, 0.1) is 0 Å². The highest BCUT2D eigenvalue weighted by Crippen LogP contribution is 2.10. The van der Waals surface area contributed by atoms with E-state index in [1.165, 1.54) is 128 Å². The summed E-state index contributed by atoms with van der Waals surface area (Å²) in [4.78, 5) is 0. The Morgan fingerprint density at radius 3 is 0.704 bits per heavy atom. The predicted octanol–water partition coefficient (Wildman–Crippen LogP) is 6.30. The van der Waals surface area contributed by atoms with E-state index >= 15 is 0 Å². The molecule has 0 spiro atoms. The van der Waals surface area contributed by atoms with Crippen LogP contribution in [0.1, 0.15) is 142 Å². The van der Waals surface area contributed by atoms with Crippen LogP contribution in [0.3, 0.4) is 0 Å². The van der Waals surface area contributed by atoms with Crippen LogP contribution in [-0.4, -0.2) is 13.1 Å². The minimum Gasteiger partial charge on any atom is -2.00 e. The maximum Gasteiger partial charge on any atom is 0.0739 e. The summed E-state index contributed by atoms with van der Waals surface area (Å²) in [6.45, 7) is 6.80.